The van der Waals surface area contributed by atoms with Gasteiger partial charge in [0, 0.05) is 25.2 Å². The lowest BCUT2D eigenvalue weighted by Gasteiger charge is -2.25. The SMILES string of the molecule is Cn1cnc(C2CC3CC(O)(CNc4ncc(F)c(N)n4)CC3C2)c1C(=O)Nc1ccc(F)c(Cl)c1. The van der Waals surface area contributed by atoms with Gasteiger partial charge in [0.05, 0.1) is 28.8 Å². The van der Waals surface area contributed by atoms with Crippen LogP contribution in [0.4, 0.5) is 26.2 Å². The predicted molar refractivity (Wildman–Crippen MR) is 131 cm³/mol. The first-order valence-corrected chi connectivity index (χ1v) is 12.0. The molecule has 5 N–H and O–H groups in total. The first-order chi connectivity index (χ1) is 17.1. The van der Waals surface area contributed by atoms with Gasteiger partial charge in [0.1, 0.15) is 11.5 Å². The zero-order chi connectivity index (χ0) is 25.6. The van der Waals surface area contributed by atoms with E-state index in [4.69, 9.17) is 17.3 Å². The summed E-state index contributed by atoms with van der Waals surface area (Å²) in [5, 5.41) is 16.8. The average Bonchev–Trinajstić information content (AvgIpc) is 3.48. The maximum absolute atomic E-state index is 13.5. The van der Waals surface area contributed by atoms with Crippen LogP contribution >= 0.6 is 11.6 Å². The molecule has 2 unspecified atom stereocenters. The number of aromatic nitrogens is 4. The van der Waals surface area contributed by atoms with Crippen LogP contribution < -0.4 is 16.4 Å². The van der Waals surface area contributed by atoms with Crippen LogP contribution in [0, 0.1) is 23.5 Å². The number of carbonyl (C=O) groups excluding carboxylic acids is 1. The zero-order valence-electron chi connectivity index (χ0n) is 19.5. The van der Waals surface area contributed by atoms with Gasteiger partial charge in [-0.3, -0.25) is 4.79 Å². The number of halogens is 3. The maximum atomic E-state index is 13.5. The van der Waals surface area contributed by atoms with E-state index < -0.39 is 17.2 Å². The highest BCUT2D eigenvalue weighted by atomic mass is 35.5. The van der Waals surface area contributed by atoms with Gasteiger partial charge in [0.25, 0.3) is 5.91 Å². The van der Waals surface area contributed by atoms with Crippen molar-refractivity contribution in [2.24, 2.45) is 18.9 Å². The number of benzene rings is 1. The number of fused-ring (bicyclic) bond motifs is 1. The third kappa shape index (κ3) is 4.72. The molecule has 2 atom stereocenters. The van der Waals surface area contributed by atoms with E-state index in [-0.39, 0.29) is 47.0 Å². The monoisotopic (exact) mass is 517 g/mol. The first-order valence-electron chi connectivity index (χ1n) is 11.6. The van der Waals surface area contributed by atoms with Gasteiger partial charge in [-0.1, -0.05) is 11.6 Å². The number of anilines is 3. The summed E-state index contributed by atoms with van der Waals surface area (Å²) < 4.78 is 28.4. The summed E-state index contributed by atoms with van der Waals surface area (Å²) in [7, 11) is 1.76. The van der Waals surface area contributed by atoms with Crippen LogP contribution in [0.5, 0.6) is 0 Å². The maximum Gasteiger partial charge on any atom is 0.274 e. The van der Waals surface area contributed by atoms with Gasteiger partial charge in [-0.15, -0.1) is 0 Å². The van der Waals surface area contributed by atoms with E-state index in [0.717, 1.165) is 24.7 Å². The standard InChI is InChI=1S/C24H26ClF2N7O2/c1-34-11-31-19(20(34)22(35)32-15-2-3-17(26)16(25)6-15)12-4-13-7-24(36,8-14(13)5-12)10-30-23-29-9-18(27)21(28)33-23/h2-3,6,9,11-14,36H,4-5,7-8,10H2,1H3,(H,32,35)(H3,28,29,30,33). The van der Waals surface area contributed by atoms with Crippen molar-refractivity contribution in [1.82, 2.24) is 19.5 Å². The summed E-state index contributed by atoms with van der Waals surface area (Å²) in [6.45, 7) is 0.229. The second-order valence-corrected chi connectivity index (χ2v) is 10.2. The topological polar surface area (TPSA) is 131 Å². The Kier molecular flexibility index (Phi) is 6.29. The molecule has 2 heterocycles. The smallest absolute Gasteiger partial charge is 0.274 e. The first kappa shape index (κ1) is 24.4. The van der Waals surface area contributed by atoms with Crippen molar-refractivity contribution >= 4 is 35.0 Å². The third-order valence-corrected chi connectivity index (χ3v) is 7.51. The van der Waals surface area contributed by atoms with Gasteiger partial charge in [-0.2, -0.15) is 4.98 Å². The van der Waals surface area contributed by atoms with Crippen LogP contribution in [0.25, 0.3) is 0 Å². The normalized spacial score (nSPS) is 25.1. The fourth-order valence-electron chi connectivity index (χ4n) is 5.64. The molecular weight excluding hydrogens is 492 g/mol. The lowest BCUT2D eigenvalue weighted by Crippen LogP contribution is -2.35. The number of imidazole rings is 1. The Hall–Kier alpha value is -3.31. The molecule has 0 aliphatic heterocycles. The predicted octanol–water partition coefficient (Wildman–Crippen LogP) is 3.72. The van der Waals surface area contributed by atoms with Crippen molar-refractivity contribution in [2.45, 2.75) is 37.2 Å². The summed E-state index contributed by atoms with van der Waals surface area (Å²) in [6.07, 6.45) is 5.37. The van der Waals surface area contributed by atoms with Crippen molar-refractivity contribution in [2.75, 3.05) is 22.9 Å². The molecule has 9 nitrogen and oxygen atoms in total. The highest BCUT2D eigenvalue weighted by Crippen LogP contribution is 2.54. The van der Waals surface area contributed by atoms with Gasteiger partial charge in [0.2, 0.25) is 5.95 Å². The summed E-state index contributed by atoms with van der Waals surface area (Å²) in [6, 6.07) is 4.02. The number of hydrogen-bond donors (Lipinski definition) is 4. The molecule has 2 aromatic heterocycles. The Morgan fingerprint density at radius 2 is 1.97 bits per heavy atom. The van der Waals surface area contributed by atoms with E-state index >= 15 is 0 Å². The molecule has 1 amide bonds. The largest absolute Gasteiger partial charge is 0.388 e. The summed E-state index contributed by atoms with van der Waals surface area (Å²) in [5.41, 5.74) is 6.10. The number of hydrogen-bond acceptors (Lipinski definition) is 7. The second kappa shape index (κ2) is 9.29. The molecule has 0 radical (unpaired) electrons. The molecule has 2 saturated carbocycles. The molecular formula is C24H26ClF2N7O2. The molecule has 2 aliphatic rings. The van der Waals surface area contributed by atoms with Crippen LogP contribution in [-0.2, 0) is 7.05 Å². The van der Waals surface area contributed by atoms with Crippen molar-refractivity contribution in [3.63, 3.8) is 0 Å². The Labute approximate surface area is 211 Å². The molecule has 2 fully saturated rings. The molecule has 0 saturated heterocycles. The molecule has 0 bridgehead atoms. The molecule has 0 spiro atoms. The average molecular weight is 518 g/mol. The zero-order valence-corrected chi connectivity index (χ0v) is 20.3. The number of nitrogens with one attached hydrogen (secondary N) is 2. The number of rotatable bonds is 6. The Balaban J connectivity index is 1.23. The van der Waals surface area contributed by atoms with Gasteiger partial charge < -0.3 is 26.0 Å². The highest BCUT2D eigenvalue weighted by Gasteiger charge is 2.49. The molecule has 190 valence electrons. The van der Waals surface area contributed by atoms with Crippen molar-refractivity contribution < 1.29 is 18.7 Å². The molecule has 5 rings (SSSR count). The third-order valence-electron chi connectivity index (χ3n) is 7.22. The minimum absolute atomic E-state index is 0.0712. The van der Waals surface area contributed by atoms with E-state index in [1.165, 1.54) is 18.2 Å². The van der Waals surface area contributed by atoms with Crippen LogP contribution in [0.3, 0.4) is 0 Å². The molecule has 12 heteroatoms. The number of carbonyl (C=O) groups is 1. The van der Waals surface area contributed by atoms with E-state index in [2.05, 4.69) is 25.6 Å². The number of amides is 1. The fourth-order valence-corrected chi connectivity index (χ4v) is 5.82. The van der Waals surface area contributed by atoms with Gasteiger partial charge in [-0.25, -0.2) is 18.7 Å². The van der Waals surface area contributed by atoms with Crippen molar-refractivity contribution in [3.8, 4) is 0 Å². The number of aryl methyl sites for hydroxylation is 1. The van der Waals surface area contributed by atoms with Crippen molar-refractivity contribution in [1.29, 1.82) is 0 Å². The highest BCUT2D eigenvalue weighted by molar-refractivity contribution is 6.31. The molecule has 2 aliphatic carbocycles. The van der Waals surface area contributed by atoms with Crippen LogP contribution in [0.1, 0.15) is 47.8 Å². The Morgan fingerprint density at radius 3 is 2.64 bits per heavy atom. The summed E-state index contributed by atoms with van der Waals surface area (Å²) >= 11 is 5.84. The quantitative estimate of drug-likeness (QED) is 0.392. The minimum Gasteiger partial charge on any atom is -0.388 e. The molecule has 36 heavy (non-hydrogen) atoms. The van der Waals surface area contributed by atoms with Crippen LogP contribution in [0.2, 0.25) is 5.02 Å². The van der Waals surface area contributed by atoms with Crippen LogP contribution in [-0.4, -0.2) is 42.7 Å². The number of nitrogen functional groups attached to an aromatic ring is 1. The lowest BCUT2D eigenvalue weighted by molar-refractivity contribution is 0.0513. The fraction of sp³-hybridized carbons (Fsp3) is 0.417. The minimum atomic E-state index is -0.945. The van der Waals surface area contributed by atoms with E-state index in [9.17, 15) is 18.7 Å². The van der Waals surface area contributed by atoms with E-state index in [1.54, 1.807) is 17.9 Å². The van der Waals surface area contributed by atoms with Crippen LogP contribution in [0.15, 0.2) is 30.7 Å². The van der Waals surface area contributed by atoms with Gasteiger partial charge in [0.15, 0.2) is 11.6 Å². The lowest BCUT2D eigenvalue weighted by atomic mass is 9.92. The van der Waals surface area contributed by atoms with E-state index in [1.807, 2.05) is 0 Å². The second-order valence-electron chi connectivity index (χ2n) is 9.77. The van der Waals surface area contributed by atoms with Gasteiger partial charge in [-0.05, 0) is 55.7 Å². The van der Waals surface area contributed by atoms with E-state index in [0.29, 0.717) is 24.2 Å². The Bertz CT molecular complexity index is 1300. The summed E-state index contributed by atoms with van der Waals surface area (Å²) in [5.74, 6) is -1.04. The number of nitrogens with zero attached hydrogens (tertiary/aromatic N) is 4. The molecule has 3 aromatic rings. The molecule has 1 aromatic carbocycles. The Morgan fingerprint density at radius 1 is 1.25 bits per heavy atom. The van der Waals surface area contributed by atoms with Gasteiger partial charge >= 0.3 is 0 Å². The number of nitrogens with two attached hydrogens (primary N) is 1. The number of aliphatic hydroxyl groups is 1. The summed E-state index contributed by atoms with van der Waals surface area (Å²) in [4.78, 5) is 25.3. The van der Waals surface area contributed by atoms with Crippen molar-refractivity contribution in [3.05, 3.63) is 58.8 Å².